The quantitative estimate of drug-likeness (QED) is 0.886. The molecular formula is C18H17FN2O3. The van der Waals surface area contributed by atoms with Crippen molar-refractivity contribution < 1.29 is 18.7 Å². The van der Waals surface area contributed by atoms with Crippen molar-refractivity contribution in [2.45, 2.75) is 19.4 Å². The lowest BCUT2D eigenvalue weighted by molar-refractivity contribution is -0.121. The van der Waals surface area contributed by atoms with Crippen molar-refractivity contribution in [2.24, 2.45) is 0 Å². The number of carbonyl (C=O) groups is 2. The van der Waals surface area contributed by atoms with Crippen LogP contribution in [0, 0.1) is 5.82 Å². The third-order valence-corrected chi connectivity index (χ3v) is 3.70. The summed E-state index contributed by atoms with van der Waals surface area (Å²) in [6.45, 7) is 0.364. The fraction of sp³-hybridized carbons (Fsp3) is 0.222. The van der Waals surface area contributed by atoms with Gasteiger partial charge in [0.05, 0.1) is 5.69 Å². The molecule has 0 unspecified atom stereocenters. The molecule has 0 saturated carbocycles. The molecule has 0 bridgehead atoms. The Morgan fingerprint density at radius 3 is 2.92 bits per heavy atom. The van der Waals surface area contributed by atoms with Crippen molar-refractivity contribution in [1.82, 2.24) is 5.32 Å². The number of hydrogen-bond donors (Lipinski definition) is 2. The van der Waals surface area contributed by atoms with Crippen molar-refractivity contribution in [2.75, 3.05) is 11.9 Å². The molecule has 2 aromatic carbocycles. The summed E-state index contributed by atoms with van der Waals surface area (Å²) in [6.07, 6.45) is 0.782. The first kappa shape index (κ1) is 16.0. The molecule has 2 N–H and O–H groups in total. The minimum atomic E-state index is -0.297. The van der Waals surface area contributed by atoms with E-state index in [1.165, 1.54) is 12.1 Å². The van der Waals surface area contributed by atoms with Gasteiger partial charge in [0.15, 0.2) is 6.61 Å². The van der Waals surface area contributed by atoms with Gasteiger partial charge in [0.1, 0.15) is 11.6 Å². The van der Waals surface area contributed by atoms with E-state index < -0.39 is 0 Å². The summed E-state index contributed by atoms with van der Waals surface area (Å²) in [6, 6.07) is 11.6. The number of anilines is 1. The lowest BCUT2D eigenvalue weighted by atomic mass is 10.1. The van der Waals surface area contributed by atoms with E-state index >= 15 is 0 Å². The lowest BCUT2D eigenvalue weighted by Crippen LogP contribution is -2.26. The topological polar surface area (TPSA) is 67.4 Å². The lowest BCUT2D eigenvalue weighted by Gasteiger charge is -2.18. The first-order chi connectivity index (χ1) is 11.6. The van der Waals surface area contributed by atoms with Gasteiger partial charge in [-0.05, 0) is 41.8 Å². The highest BCUT2D eigenvalue weighted by Gasteiger charge is 2.15. The number of ether oxygens (including phenoxy) is 1. The average molecular weight is 328 g/mol. The van der Waals surface area contributed by atoms with Gasteiger partial charge >= 0.3 is 0 Å². The Balaban J connectivity index is 1.50. The summed E-state index contributed by atoms with van der Waals surface area (Å²) in [5.74, 6) is 0.0160. The Kier molecular flexibility index (Phi) is 4.74. The maximum Gasteiger partial charge on any atom is 0.262 e. The highest BCUT2D eigenvalue weighted by molar-refractivity contribution is 5.95. The molecule has 0 atom stereocenters. The molecule has 0 spiro atoms. The molecule has 0 aromatic heterocycles. The Morgan fingerprint density at radius 1 is 1.21 bits per heavy atom. The van der Waals surface area contributed by atoms with Crippen LogP contribution in [-0.4, -0.2) is 18.4 Å². The monoisotopic (exact) mass is 328 g/mol. The third-order valence-electron chi connectivity index (χ3n) is 3.70. The molecule has 0 saturated heterocycles. The predicted molar refractivity (Wildman–Crippen MR) is 87.1 cm³/mol. The number of carbonyl (C=O) groups excluding carboxylic acids is 2. The van der Waals surface area contributed by atoms with Gasteiger partial charge < -0.3 is 15.4 Å². The van der Waals surface area contributed by atoms with Crippen LogP contribution in [0.5, 0.6) is 5.75 Å². The molecule has 0 aliphatic carbocycles. The summed E-state index contributed by atoms with van der Waals surface area (Å²) in [4.78, 5) is 23.1. The Morgan fingerprint density at radius 2 is 2.08 bits per heavy atom. The standard InChI is InChI=1S/C18H17FN2O3/c19-14-3-1-2-12(8-14)5-7-17(22)20-10-13-4-6-15-16(9-13)24-11-18(23)21-15/h1-4,6,8-9H,5,7,10-11H2,(H,20,22)(H,21,23). The van der Waals surface area contributed by atoms with E-state index in [9.17, 15) is 14.0 Å². The SMILES string of the molecule is O=C(CCc1cccc(F)c1)NCc1ccc2c(c1)OCC(=O)N2. The van der Waals surface area contributed by atoms with E-state index in [0.717, 1.165) is 11.1 Å². The van der Waals surface area contributed by atoms with Crippen molar-refractivity contribution >= 4 is 17.5 Å². The average Bonchev–Trinajstić information content (AvgIpc) is 2.58. The normalized spacial score (nSPS) is 12.8. The molecule has 124 valence electrons. The number of fused-ring (bicyclic) bond motifs is 1. The van der Waals surface area contributed by atoms with Crippen LogP contribution < -0.4 is 15.4 Å². The van der Waals surface area contributed by atoms with E-state index in [4.69, 9.17) is 4.74 Å². The maximum atomic E-state index is 13.1. The number of amides is 2. The molecule has 6 heteroatoms. The fourth-order valence-electron chi connectivity index (χ4n) is 2.47. The first-order valence-corrected chi connectivity index (χ1v) is 7.67. The summed E-state index contributed by atoms with van der Waals surface area (Å²) in [7, 11) is 0. The molecule has 1 aliphatic rings. The molecule has 1 heterocycles. The van der Waals surface area contributed by atoms with Gasteiger partial charge in [0.25, 0.3) is 5.91 Å². The van der Waals surface area contributed by atoms with E-state index in [1.54, 1.807) is 24.3 Å². The summed E-state index contributed by atoms with van der Waals surface area (Å²) >= 11 is 0. The number of halogens is 1. The molecule has 0 fully saturated rings. The Labute approximate surface area is 138 Å². The molecule has 2 amide bonds. The Bertz CT molecular complexity index is 777. The van der Waals surface area contributed by atoms with E-state index in [-0.39, 0.29) is 24.2 Å². The van der Waals surface area contributed by atoms with Gasteiger partial charge in [-0.2, -0.15) is 0 Å². The highest BCUT2D eigenvalue weighted by atomic mass is 19.1. The van der Waals surface area contributed by atoms with Crippen LogP contribution >= 0.6 is 0 Å². The zero-order valence-electron chi connectivity index (χ0n) is 13.0. The number of nitrogens with one attached hydrogen (secondary N) is 2. The minimum absolute atomic E-state index is 0.00352. The molecule has 0 radical (unpaired) electrons. The second-order valence-corrected chi connectivity index (χ2v) is 5.57. The predicted octanol–water partition coefficient (Wildman–Crippen LogP) is 2.41. The van der Waals surface area contributed by atoms with Crippen molar-refractivity contribution in [1.29, 1.82) is 0 Å². The van der Waals surface area contributed by atoms with Gasteiger partial charge in [0, 0.05) is 13.0 Å². The molecule has 3 rings (SSSR count). The second kappa shape index (κ2) is 7.12. The molecule has 2 aromatic rings. The van der Waals surface area contributed by atoms with Crippen LogP contribution in [0.15, 0.2) is 42.5 Å². The van der Waals surface area contributed by atoms with Crippen molar-refractivity contribution in [3.05, 3.63) is 59.4 Å². The Hall–Kier alpha value is -2.89. The van der Waals surface area contributed by atoms with Gasteiger partial charge in [-0.25, -0.2) is 4.39 Å². The van der Waals surface area contributed by atoms with Crippen LogP contribution in [0.3, 0.4) is 0 Å². The zero-order valence-corrected chi connectivity index (χ0v) is 13.0. The zero-order chi connectivity index (χ0) is 16.9. The van der Waals surface area contributed by atoms with Crippen LogP contribution in [0.25, 0.3) is 0 Å². The molecular weight excluding hydrogens is 311 g/mol. The molecule has 24 heavy (non-hydrogen) atoms. The van der Waals surface area contributed by atoms with E-state index in [0.29, 0.717) is 30.8 Å². The van der Waals surface area contributed by atoms with E-state index in [1.807, 2.05) is 6.07 Å². The highest BCUT2D eigenvalue weighted by Crippen LogP contribution is 2.28. The van der Waals surface area contributed by atoms with E-state index in [2.05, 4.69) is 10.6 Å². The summed E-state index contributed by atoms with van der Waals surface area (Å²) < 4.78 is 18.4. The second-order valence-electron chi connectivity index (χ2n) is 5.57. The van der Waals surface area contributed by atoms with Crippen molar-refractivity contribution in [3.63, 3.8) is 0 Å². The largest absolute Gasteiger partial charge is 0.482 e. The van der Waals surface area contributed by atoms with Crippen LogP contribution in [-0.2, 0) is 22.6 Å². The van der Waals surface area contributed by atoms with Crippen LogP contribution in [0.4, 0.5) is 10.1 Å². The number of aryl methyl sites for hydroxylation is 1. The third kappa shape index (κ3) is 4.10. The van der Waals surface area contributed by atoms with Gasteiger partial charge in [-0.3, -0.25) is 9.59 Å². The van der Waals surface area contributed by atoms with Crippen LogP contribution in [0.2, 0.25) is 0 Å². The molecule has 5 nitrogen and oxygen atoms in total. The van der Waals surface area contributed by atoms with Gasteiger partial charge in [-0.1, -0.05) is 18.2 Å². The first-order valence-electron chi connectivity index (χ1n) is 7.67. The number of benzene rings is 2. The smallest absolute Gasteiger partial charge is 0.262 e. The summed E-state index contributed by atoms with van der Waals surface area (Å²) in [5.41, 5.74) is 2.31. The van der Waals surface area contributed by atoms with Gasteiger partial charge in [0.2, 0.25) is 5.91 Å². The van der Waals surface area contributed by atoms with Crippen LogP contribution in [0.1, 0.15) is 17.5 Å². The fourth-order valence-corrected chi connectivity index (χ4v) is 2.47. The summed E-state index contributed by atoms with van der Waals surface area (Å²) in [5, 5.41) is 5.54. The maximum absolute atomic E-state index is 13.1. The van der Waals surface area contributed by atoms with Gasteiger partial charge in [-0.15, -0.1) is 0 Å². The number of rotatable bonds is 5. The minimum Gasteiger partial charge on any atom is -0.482 e. The molecule has 1 aliphatic heterocycles. The van der Waals surface area contributed by atoms with Crippen molar-refractivity contribution in [3.8, 4) is 5.75 Å². The number of hydrogen-bond acceptors (Lipinski definition) is 3.